The minimum absolute atomic E-state index is 0.163. The van der Waals surface area contributed by atoms with E-state index in [0.29, 0.717) is 23.0 Å². The van der Waals surface area contributed by atoms with E-state index in [2.05, 4.69) is 0 Å². The summed E-state index contributed by atoms with van der Waals surface area (Å²) in [6.45, 7) is 0.175. The molecular formula is C18H15N3O5. The first-order chi connectivity index (χ1) is 12.4. The van der Waals surface area contributed by atoms with Crippen LogP contribution in [0.3, 0.4) is 0 Å². The van der Waals surface area contributed by atoms with Crippen molar-refractivity contribution in [3.05, 3.63) is 84.4 Å². The number of rotatable bonds is 5. The van der Waals surface area contributed by atoms with Crippen LogP contribution in [0.25, 0.3) is 11.0 Å². The number of carbonyl (C=O) groups is 1. The number of aryl methyl sites for hydroxylation is 3. The van der Waals surface area contributed by atoms with Gasteiger partial charge in [-0.05, 0) is 18.1 Å². The number of non-ortho nitro benzene ring substituents is 1. The molecule has 3 rings (SSSR count). The summed E-state index contributed by atoms with van der Waals surface area (Å²) in [7, 11) is 1.40. The predicted molar refractivity (Wildman–Crippen MR) is 95.6 cm³/mol. The lowest BCUT2D eigenvalue weighted by Gasteiger charge is -2.13. The number of hydrogen-bond acceptors (Lipinski definition) is 5. The Morgan fingerprint density at radius 3 is 2.50 bits per heavy atom. The van der Waals surface area contributed by atoms with Gasteiger partial charge in [-0.2, -0.15) is 0 Å². The molecule has 0 N–H and O–H groups in total. The Hall–Kier alpha value is -3.55. The lowest BCUT2D eigenvalue weighted by atomic mass is 10.1. The molecule has 0 unspecified atom stereocenters. The first kappa shape index (κ1) is 17.3. The predicted octanol–water partition coefficient (Wildman–Crippen LogP) is 1.66. The van der Waals surface area contributed by atoms with Crippen molar-refractivity contribution < 1.29 is 9.72 Å². The number of nitrogens with zero attached hydrogens (tertiary/aromatic N) is 3. The second-order valence-electron chi connectivity index (χ2n) is 5.82. The fraction of sp³-hybridized carbons (Fsp3) is 0.167. The van der Waals surface area contributed by atoms with Gasteiger partial charge in [0.15, 0.2) is 0 Å². The van der Waals surface area contributed by atoms with Crippen LogP contribution in [0.1, 0.15) is 15.9 Å². The van der Waals surface area contributed by atoms with Gasteiger partial charge in [0.1, 0.15) is 6.29 Å². The third kappa shape index (κ3) is 2.92. The molecule has 8 nitrogen and oxygen atoms in total. The number of fused-ring (bicyclic) bond motifs is 1. The molecule has 0 radical (unpaired) electrons. The van der Waals surface area contributed by atoms with E-state index in [9.17, 15) is 24.5 Å². The molecule has 8 heteroatoms. The first-order valence-electron chi connectivity index (χ1n) is 7.85. The highest BCUT2D eigenvalue weighted by molar-refractivity contribution is 5.78. The number of nitro groups is 1. The Labute approximate surface area is 147 Å². The summed E-state index contributed by atoms with van der Waals surface area (Å²) in [6.07, 6.45) is 1.11. The van der Waals surface area contributed by atoms with Crippen molar-refractivity contribution in [2.24, 2.45) is 7.05 Å². The van der Waals surface area contributed by atoms with Gasteiger partial charge in [-0.1, -0.05) is 24.3 Å². The number of aldehydes is 1. The van der Waals surface area contributed by atoms with Gasteiger partial charge < -0.3 is 9.13 Å². The summed E-state index contributed by atoms with van der Waals surface area (Å²) in [5.41, 5.74) is 0.358. The van der Waals surface area contributed by atoms with E-state index in [1.54, 1.807) is 24.3 Å². The highest BCUT2D eigenvalue weighted by Crippen LogP contribution is 2.19. The summed E-state index contributed by atoms with van der Waals surface area (Å²) in [5, 5.41) is 11.0. The summed E-state index contributed by atoms with van der Waals surface area (Å²) in [5.74, 6) is 0. The third-order valence-corrected chi connectivity index (χ3v) is 4.34. The fourth-order valence-corrected chi connectivity index (χ4v) is 2.93. The van der Waals surface area contributed by atoms with Crippen molar-refractivity contribution in [1.82, 2.24) is 9.13 Å². The molecule has 26 heavy (non-hydrogen) atoms. The van der Waals surface area contributed by atoms with Crippen LogP contribution >= 0.6 is 0 Å². The van der Waals surface area contributed by atoms with Crippen molar-refractivity contribution in [3.8, 4) is 0 Å². The first-order valence-corrected chi connectivity index (χ1v) is 7.85. The molecule has 0 aliphatic rings. The molecule has 0 aliphatic heterocycles. The average molecular weight is 353 g/mol. The highest BCUT2D eigenvalue weighted by Gasteiger charge is 2.15. The van der Waals surface area contributed by atoms with Gasteiger partial charge in [0, 0.05) is 31.3 Å². The van der Waals surface area contributed by atoms with Gasteiger partial charge in [0.05, 0.1) is 16.0 Å². The van der Waals surface area contributed by atoms with Crippen LogP contribution in [0.5, 0.6) is 0 Å². The Morgan fingerprint density at radius 1 is 1.08 bits per heavy atom. The summed E-state index contributed by atoms with van der Waals surface area (Å²) in [4.78, 5) is 46.2. The number of aromatic nitrogens is 2. The molecule has 0 bridgehead atoms. The summed E-state index contributed by atoms with van der Waals surface area (Å²) >= 11 is 0. The molecule has 1 aromatic heterocycles. The minimum Gasteiger partial charge on any atom is -0.305 e. The molecule has 0 saturated carbocycles. The van der Waals surface area contributed by atoms with E-state index in [1.165, 1.54) is 29.8 Å². The van der Waals surface area contributed by atoms with E-state index in [1.807, 2.05) is 0 Å². The van der Waals surface area contributed by atoms with E-state index >= 15 is 0 Å². The number of carbonyl (C=O) groups excluding carboxylic acids is 1. The molecule has 0 saturated heterocycles. The smallest absolute Gasteiger partial charge is 0.305 e. The van der Waals surface area contributed by atoms with Crippen LogP contribution in [-0.4, -0.2) is 20.3 Å². The van der Waals surface area contributed by atoms with E-state index < -0.39 is 16.0 Å². The quantitative estimate of drug-likeness (QED) is 0.300. The zero-order valence-corrected chi connectivity index (χ0v) is 13.9. The van der Waals surface area contributed by atoms with Crippen LogP contribution in [0.4, 0.5) is 5.69 Å². The van der Waals surface area contributed by atoms with Gasteiger partial charge in [0.2, 0.25) is 0 Å². The zero-order chi connectivity index (χ0) is 18.8. The van der Waals surface area contributed by atoms with Crippen molar-refractivity contribution >= 4 is 23.0 Å². The van der Waals surface area contributed by atoms with Gasteiger partial charge in [0.25, 0.3) is 5.69 Å². The molecular weight excluding hydrogens is 338 g/mol. The van der Waals surface area contributed by atoms with E-state index in [0.717, 1.165) is 16.4 Å². The molecule has 0 amide bonds. The third-order valence-electron chi connectivity index (χ3n) is 4.34. The monoisotopic (exact) mass is 353 g/mol. The largest absolute Gasteiger partial charge is 0.316 e. The van der Waals surface area contributed by atoms with E-state index in [-0.39, 0.29) is 12.2 Å². The van der Waals surface area contributed by atoms with Gasteiger partial charge >= 0.3 is 11.1 Å². The summed E-state index contributed by atoms with van der Waals surface area (Å²) in [6, 6.07) is 11.0. The molecule has 0 spiro atoms. The standard InChI is InChI=1S/C18H15N3O5/c1-19-16-10-14(21(25)26)6-7-15(16)20(18(24)17(19)23)9-8-12-4-2-3-5-13(12)11-22/h2-7,10-11H,8-9H2,1H3. The number of hydrogen-bond donors (Lipinski definition) is 0. The normalized spacial score (nSPS) is 10.8. The second-order valence-corrected chi connectivity index (χ2v) is 5.82. The Morgan fingerprint density at radius 2 is 1.81 bits per heavy atom. The molecule has 2 aromatic carbocycles. The number of benzene rings is 2. The van der Waals surface area contributed by atoms with Crippen LogP contribution in [-0.2, 0) is 20.0 Å². The SMILES string of the molecule is Cn1c(=O)c(=O)n(CCc2ccccc2C=O)c2ccc([N+](=O)[O-])cc21. The molecule has 0 fully saturated rings. The van der Waals surface area contributed by atoms with Crippen LogP contribution in [0.15, 0.2) is 52.1 Å². The molecule has 3 aromatic rings. The molecule has 0 aliphatic carbocycles. The minimum atomic E-state index is -0.762. The topological polar surface area (TPSA) is 104 Å². The number of nitro benzene ring substituents is 1. The van der Waals surface area contributed by atoms with Crippen molar-refractivity contribution in [1.29, 1.82) is 0 Å². The van der Waals surface area contributed by atoms with E-state index in [4.69, 9.17) is 0 Å². The van der Waals surface area contributed by atoms with Crippen molar-refractivity contribution in [2.45, 2.75) is 13.0 Å². The molecule has 132 valence electrons. The summed E-state index contributed by atoms with van der Waals surface area (Å²) < 4.78 is 2.41. The second kappa shape index (κ2) is 6.75. The van der Waals surface area contributed by atoms with Gasteiger partial charge in [-0.15, -0.1) is 0 Å². The zero-order valence-electron chi connectivity index (χ0n) is 13.9. The lowest BCUT2D eigenvalue weighted by molar-refractivity contribution is -0.384. The fourth-order valence-electron chi connectivity index (χ4n) is 2.93. The Bertz CT molecular complexity index is 1140. The van der Waals surface area contributed by atoms with Crippen LogP contribution < -0.4 is 11.1 Å². The average Bonchev–Trinajstić information content (AvgIpc) is 2.66. The maximum atomic E-state index is 12.4. The highest BCUT2D eigenvalue weighted by atomic mass is 16.6. The maximum absolute atomic E-state index is 12.4. The lowest BCUT2D eigenvalue weighted by Crippen LogP contribution is -2.40. The maximum Gasteiger partial charge on any atom is 0.316 e. The molecule has 0 atom stereocenters. The Kier molecular flexibility index (Phi) is 4.49. The van der Waals surface area contributed by atoms with Crippen molar-refractivity contribution in [2.75, 3.05) is 0 Å². The Balaban J connectivity index is 2.13. The van der Waals surface area contributed by atoms with Gasteiger partial charge in [-0.25, -0.2) is 0 Å². The van der Waals surface area contributed by atoms with Crippen LogP contribution in [0.2, 0.25) is 0 Å². The van der Waals surface area contributed by atoms with Crippen molar-refractivity contribution in [3.63, 3.8) is 0 Å². The molecule has 1 heterocycles. The van der Waals surface area contributed by atoms with Gasteiger partial charge in [-0.3, -0.25) is 24.5 Å². The van der Waals surface area contributed by atoms with Crippen LogP contribution in [0, 0.1) is 10.1 Å².